The van der Waals surface area contributed by atoms with Gasteiger partial charge in [-0.2, -0.15) is 8.42 Å². The molecule has 0 aliphatic carbocycles. The molecule has 0 aromatic heterocycles. The quantitative estimate of drug-likeness (QED) is 0.525. The van der Waals surface area contributed by atoms with E-state index >= 15 is 0 Å². The maximum absolute atomic E-state index is 11.0. The molecule has 0 bridgehead atoms. The van der Waals surface area contributed by atoms with Gasteiger partial charge in [-0.25, -0.2) is 0 Å². The Hall–Kier alpha value is -0.650. The van der Waals surface area contributed by atoms with Crippen molar-refractivity contribution >= 4 is 26.0 Å². The SMILES string of the molecule is C=CC(Br)c1ccccc1S(=O)(=O)O. The first-order valence-corrected chi connectivity index (χ1v) is 6.15. The summed E-state index contributed by atoms with van der Waals surface area (Å²) in [5, 5.41) is 0. The molecule has 0 amide bonds. The lowest BCUT2D eigenvalue weighted by atomic mass is 10.1. The van der Waals surface area contributed by atoms with Crippen molar-refractivity contribution in [2.24, 2.45) is 0 Å². The molecule has 1 atom stereocenters. The number of rotatable bonds is 3. The van der Waals surface area contributed by atoms with Crippen molar-refractivity contribution in [1.29, 1.82) is 0 Å². The lowest BCUT2D eigenvalue weighted by Gasteiger charge is -2.08. The zero-order valence-corrected chi connectivity index (χ0v) is 9.62. The lowest BCUT2D eigenvalue weighted by Crippen LogP contribution is -2.03. The van der Waals surface area contributed by atoms with E-state index in [9.17, 15) is 8.42 Å². The van der Waals surface area contributed by atoms with Gasteiger partial charge in [-0.05, 0) is 11.6 Å². The van der Waals surface area contributed by atoms with Crippen LogP contribution in [-0.2, 0) is 10.1 Å². The maximum Gasteiger partial charge on any atom is 0.294 e. The average molecular weight is 277 g/mol. The number of benzene rings is 1. The van der Waals surface area contributed by atoms with Crippen LogP contribution in [0.15, 0.2) is 41.8 Å². The Morgan fingerprint density at radius 3 is 2.50 bits per heavy atom. The van der Waals surface area contributed by atoms with Crippen LogP contribution >= 0.6 is 15.9 Å². The summed E-state index contributed by atoms with van der Waals surface area (Å²) in [6.07, 6.45) is 1.55. The molecule has 0 fully saturated rings. The second kappa shape index (κ2) is 4.25. The highest BCUT2D eigenvalue weighted by molar-refractivity contribution is 9.09. The van der Waals surface area contributed by atoms with Crippen molar-refractivity contribution < 1.29 is 13.0 Å². The molecule has 0 aliphatic heterocycles. The first-order chi connectivity index (χ1) is 6.46. The predicted molar refractivity (Wildman–Crippen MR) is 58.1 cm³/mol. The minimum Gasteiger partial charge on any atom is -0.282 e. The Kier molecular flexibility index (Phi) is 3.47. The molecule has 3 nitrogen and oxygen atoms in total. The molecule has 0 spiro atoms. The molecule has 0 aliphatic rings. The third-order valence-electron chi connectivity index (χ3n) is 1.70. The van der Waals surface area contributed by atoms with Gasteiger partial charge in [0.1, 0.15) is 0 Å². The van der Waals surface area contributed by atoms with Crippen LogP contribution in [0.1, 0.15) is 10.4 Å². The van der Waals surface area contributed by atoms with Gasteiger partial charge in [-0.15, -0.1) is 6.58 Å². The molecule has 0 saturated carbocycles. The summed E-state index contributed by atoms with van der Waals surface area (Å²) in [4.78, 5) is -0.387. The Labute approximate surface area is 91.3 Å². The third kappa shape index (κ3) is 2.43. The highest BCUT2D eigenvalue weighted by atomic mass is 79.9. The molecule has 1 aromatic rings. The van der Waals surface area contributed by atoms with Crippen LogP contribution in [0.3, 0.4) is 0 Å². The van der Waals surface area contributed by atoms with E-state index in [0.29, 0.717) is 5.56 Å². The van der Waals surface area contributed by atoms with Crippen molar-refractivity contribution in [3.05, 3.63) is 42.5 Å². The number of hydrogen-bond acceptors (Lipinski definition) is 2. The van der Waals surface area contributed by atoms with Crippen LogP contribution in [-0.4, -0.2) is 13.0 Å². The van der Waals surface area contributed by atoms with Crippen LogP contribution in [0.25, 0.3) is 0 Å². The molecule has 0 heterocycles. The van der Waals surface area contributed by atoms with E-state index < -0.39 is 10.1 Å². The predicted octanol–water partition coefficient (Wildman–Crippen LogP) is 2.56. The summed E-state index contributed by atoms with van der Waals surface area (Å²) in [5.74, 6) is 0. The standard InChI is InChI=1S/C9H9BrO3S/c1-2-8(10)7-5-3-4-6-9(7)14(11,12)13/h2-6,8H,1H2,(H,11,12,13). The van der Waals surface area contributed by atoms with E-state index in [1.807, 2.05) is 0 Å². The van der Waals surface area contributed by atoms with Crippen molar-refractivity contribution in [3.63, 3.8) is 0 Å². The molecule has 1 aromatic carbocycles. The molecule has 1 rings (SSSR count). The molecule has 0 radical (unpaired) electrons. The molecule has 1 N–H and O–H groups in total. The van der Waals surface area contributed by atoms with E-state index in [2.05, 4.69) is 22.5 Å². The van der Waals surface area contributed by atoms with E-state index in [1.165, 1.54) is 6.07 Å². The van der Waals surface area contributed by atoms with Crippen LogP contribution in [0.5, 0.6) is 0 Å². The molecule has 5 heteroatoms. The zero-order valence-electron chi connectivity index (χ0n) is 7.22. The topological polar surface area (TPSA) is 54.4 Å². The largest absolute Gasteiger partial charge is 0.294 e. The van der Waals surface area contributed by atoms with Crippen molar-refractivity contribution in [2.45, 2.75) is 9.72 Å². The Bertz CT molecular complexity index is 439. The minimum absolute atomic E-state index is 0.0956. The van der Waals surface area contributed by atoms with Gasteiger partial charge in [-0.1, -0.05) is 40.2 Å². The van der Waals surface area contributed by atoms with Crippen molar-refractivity contribution in [3.8, 4) is 0 Å². The van der Waals surface area contributed by atoms with Gasteiger partial charge in [0.25, 0.3) is 10.1 Å². The highest BCUT2D eigenvalue weighted by Gasteiger charge is 2.17. The summed E-state index contributed by atoms with van der Waals surface area (Å²) in [5.41, 5.74) is 0.477. The first-order valence-electron chi connectivity index (χ1n) is 3.80. The molecule has 76 valence electrons. The average Bonchev–Trinajstić information content (AvgIpc) is 2.15. The van der Waals surface area contributed by atoms with Crippen molar-refractivity contribution in [2.75, 3.05) is 0 Å². The van der Waals surface area contributed by atoms with E-state index in [1.54, 1.807) is 24.3 Å². The summed E-state index contributed by atoms with van der Waals surface area (Å²) < 4.78 is 30.9. The molecule has 1 unspecified atom stereocenters. The Morgan fingerprint density at radius 1 is 1.43 bits per heavy atom. The molecular formula is C9H9BrO3S. The fourth-order valence-electron chi connectivity index (χ4n) is 1.07. The smallest absolute Gasteiger partial charge is 0.282 e. The monoisotopic (exact) mass is 276 g/mol. The van der Waals surface area contributed by atoms with Gasteiger partial charge in [0, 0.05) is 0 Å². The van der Waals surface area contributed by atoms with Crippen LogP contribution in [0, 0.1) is 0 Å². The van der Waals surface area contributed by atoms with Gasteiger partial charge in [0.2, 0.25) is 0 Å². The summed E-state index contributed by atoms with van der Waals surface area (Å²) in [6, 6.07) is 6.21. The number of alkyl halides is 1. The molecule has 14 heavy (non-hydrogen) atoms. The summed E-state index contributed by atoms with van der Waals surface area (Å²) >= 11 is 3.23. The minimum atomic E-state index is -4.17. The summed E-state index contributed by atoms with van der Waals surface area (Å²) in [7, 11) is -4.17. The Morgan fingerprint density at radius 2 is 2.00 bits per heavy atom. The van der Waals surface area contributed by atoms with E-state index in [4.69, 9.17) is 4.55 Å². The second-order valence-electron chi connectivity index (χ2n) is 2.65. The molecule has 0 saturated heterocycles. The fourth-order valence-corrected chi connectivity index (χ4v) is 2.36. The third-order valence-corrected chi connectivity index (χ3v) is 3.50. The summed E-state index contributed by atoms with van der Waals surface area (Å²) in [6.45, 7) is 3.54. The van der Waals surface area contributed by atoms with Crippen LogP contribution in [0.4, 0.5) is 0 Å². The Balaban J connectivity index is 3.37. The number of hydrogen-bond donors (Lipinski definition) is 1. The van der Waals surface area contributed by atoms with Gasteiger partial charge in [0.05, 0.1) is 9.72 Å². The highest BCUT2D eigenvalue weighted by Crippen LogP contribution is 2.29. The second-order valence-corrected chi connectivity index (χ2v) is 5.03. The van der Waals surface area contributed by atoms with Crippen LogP contribution < -0.4 is 0 Å². The van der Waals surface area contributed by atoms with E-state index in [-0.39, 0.29) is 9.72 Å². The fraction of sp³-hybridized carbons (Fsp3) is 0.111. The zero-order chi connectivity index (χ0) is 10.8. The van der Waals surface area contributed by atoms with Gasteiger partial charge < -0.3 is 0 Å². The van der Waals surface area contributed by atoms with Gasteiger partial charge in [0.15, 0.2) is 0 Å². The number of halogens is 1. The van der Waals surface area contributed by atoms with Crippen LogP contribution in [0.2, 0.25) is 0 Å². The van der Waals surface area contributed by atoms with Gasteiger partial charge in [-0.3, -0.25) is 4.55 Å². The number of allylic oxidation sites excluding steroid dienone is 1. The molecular weight excluding hydrogens is 268 g/mol. The normalized spacial score (nSPS) is 13.6. The first kappa shape index (κ1) is 11.4. The maximum atomic E-state index is 11.0. The van der Waals surface area contributed by atoms with Crippen molar-refractivity contribution in [1.82, 2.24) is 0 Å². The van der Waals surface area contributed by atoms with E-state index in [0.717, 1.165) is 0 Å². The van der Waals surface area contributed by atoms with Gasteiger partial charge >= 0.3 is 0 Å². The lowest BCUT2D eigenvalue weighted by molar-refractivity contribution is 0.482.